The van der Waals surface area contributed by atoms with Crippen molar-refractivity contribution in [2.45, 2.75) is 24.3 Å². The van der Waals surface area contributed by atoms with Gasteiger partial charge >= 0.3 is 0 Å². The summed E-state index contributed by atoms with van der Waals surface area (Å²) < 4.78 is 29.5. The number of sulfone groups is 1. The Morgan fingerprint density at radius 3 is 2.89 bits per heavy atom. The third-order valence-electron chi connectivity index (χ3n) is 4.79. The summed E-state index contributed by atoms with van der Waals surface area (Å²) in [7, 11) is -1.45. The molecule has 0 saturated carbocycles. The normalized spacial score (nSPS) is 24.5. The first-order chi connectivity index (χ1) is 13.4. The lowest BCUT2D eigenvalue weighted by Crippen LogP contribution is -2.37. The molecule has 2 saturated heterocycles. The molecule has 0 aliphatic carbocycles. The van der Waals surface area contributed by atoms with Crippen LogP contribution in [0.25, 0.3) is 0 Å². The molecule has 0 spiro atoms. The molecule has 2 fully saturated rings. The minimum Gasteiger partial charge on any atom is -0.497 e. The fourth-order valence-corrected chi connectivity index (χ4v) is 8.16. The lowest BCUT2D eigenvalue weighted by atomic mass is 10.1. The van der Waals surface area contributed by atoms with Crippen LogP contribution in [0.4, 0.5) is 0 Å². The van der Waals surface area contributed by atoms with Gasteiger partial charge in [-0.1, -0.05) is 30.0 Å². The molecule has 1 aromatic carbocycles. The van der Waals surface area contributed by atoms with Gasteiger partial charge in [0.05, 0.1) is 31.1 Å². The maximum atomic E-state index is 12.5. The number of fused-ring (bicyclic) bond motifs is 1. The van der Waals surface area contributed by atoms with Crippen molar-refractivity contribution in [2.75, 3.05) is 18.6 Å². The van der Waals surface area contributed by atoms with Gasteiger partial charge in [0.1, 0.15) is 5.75 Å². The molecule has 2 aliphatic heterocycles. The monoisotopic (exact) mass is 436 g/mol. The standard InChI is InChI=1S/C19H20N2O4S3/c1-25-14-5-2-4-13(8-14)10-21-16-11-28(23,24)12-17(16)27-19(21)20-18(22)9-15-6-3-7-26-15/h2-8,16-17H,9-12H2,1H3/t16-,17-/m0/s1. The largest absolute Gasteiger partial charge is 0.497 e. The quantitative estimate of drug-likeness (QED) is 0.717. The van der Waals surface area contributed by atoms with Crippen LogP contribution in [-0.2, 0) is 27.6 Å². The molecule has 0 radical (unpaired) electrons. The smallest absolute Gasteiger partial charge is 0.253 e. The first-order valence-electron chi connectivity index (χ1n) is 8.84. The fraction of sp³-hybridized carbons (Fsp3) is 0.368. The molecule has 0 bridgehead atoms. The van der Waals surface area contributed by atoms with Gasteiger partial charge < -0.3 is 9.64 Å². The van der Waals surface area contributed by atoms with Crippen LogP contribution in [0.15, 0.2) is 46.8 Å². The van der Waals surface area contributed by atoms with Crippen LogP contribution >= 0.6 is 23.1 Å². The predicted molar refractivity (Wildman–Crippen MR) is 113 cm³/mol. The minimum absolute atomic E-state index is 0.0797. The average Bonchev–Trinajstić information content (AvgIpc) is 3.32. The number of carbonyl (C=O) groups is 1. The van der Waals surface area contributed by atoms with Crippen LogP contribution in [0.1, 0.15) is 10.4 Å². The van der Waals surface area contributed by atoms with Crippen LogP contribution in [0.2, 0.25) is 0 Å². The van der Waals surface area contributed by atoms with E-state index in [1.54, 1.807) is 7.11 Å². The second kappa shape index (κ2) is 7.88. The zero-order valence-corrected chi connectivity index (χ0v) is 17.7. The molecule has 28 heavy (non-hydrogen) atoms. The Kier molecular flexibility index (Phi) is 5.48. The van der Waals surface area contributed by atoms with Crippen molar-refractivity contribution in [1.82, 2.24) is 4.90 Å². The van der Waals surface area contributed by atoms with E-state index in [0.29, 0.717) is 11.7 Å². The number of amides is 1. The molecule has 148 valence electrons. The lowest BCUT2D eigenvalue weighted by molar-refractivity contribution is -0.117. The molecular formula is C19H20N2O4S3. The summed E-state index contributed by atoms with van der Waals surface area (Å²) in [5, 5.41) is 2.47. The highest BCUT2D eigenvalue weighted by Gasteiger charge is 2.48. The van der Waals surface area contributed by atoms with Gasteiger partial charge in [-0.3, -0.25) is 4.79 Å². The number of methoxy groups -OCH3 is 1. The van der Waals surface area contributed by atoms with Crippen molar-refractivity contribution in [3.8, 4) is 5.75 Å². The van der Waals surface area contributed by atoms with Gasteiger partial charge in [0.25, 0.3) is 5.91 Å². The summed E-state index contributed by atoms with van der Waals surface area (Å²) in [6, 6.07) is 11.3. The molecular weight excluding hydrogens is 416 g/mol. The molecule has 2 aromatic rings. The first-order valence-corrected chi connectivity index (χ1v) is 12.4. The van der Waals surface area contributed by atoms with Gasteiger partial charge in [-0.05, 0) is 29.1 Å². The van der Waals surface area contributed by atoms with Crippen molar-refractivity contribution in [3.05, 3.63) is 52.2 Å². The predicted octanol–water partition coefficient (Wildman–Crippen LogP) is 2.60. The minimum atomic E-state index is -3.06. The number of aliphatic imine (C=N–C) groups is 1. The summed E-state index contributed by atoms with van der Waals surface area (Å²) in [5.74, 6) is 0.776. The Hall–Kier alpha value is -1.84. The SMILES string of the molecule is COc1cccc(CN2C(=NC(=O)Cc3cccs3)S[C@H]3CS(=O)(=O)C[C@@H]32)c1. The average molecular weight is 437 g/mol. The summed E-state index contributed by atoms with van der Waals surface area (Å²) in [5.41, 5.74) is 0.989. The number of rotatable bonds is 5. The van der Waals surface area contributed by atoms with E-state index < -0.39 is 9.84 Å². The van der Waals surface area contributed by atoms with Crippen LogP contribution < -0.4 is 4.74 Å². The first kappa shape index (κ1) is 19.5. The zero-order chi connectivity index (χ0) is 19.7. The summed E-state index contributed by atoms with van der Waals surface area (Å²) >= 11 is 2.94. The van der Waals surface area contributed by atoms with Crippen LogP contribution in [0, 0.1) is 0 Å². The molecule has 3 heterocycles. The van der Waals surface area contributed by atoms with Crippen molar-refractivity contribution in [1.29, 1.82) is 0 Å². The van der Waals surface area contributed by atoms with Crippen molar-refractivity contribution < 1.29 is 17.9 Å². The van der Waals surface area contributed by atoms with Gasteiger partial charge in [0.2, 0.25) is 0 Å². The van der Waals surface area contributed by atoms with Crippen LogP contribution in [-0.4, -0.2) is 54.3 Å². The molecule has 1 aromatic heterocycles. The Labute approximate surface area is 172 Å². The molecule has 0 N–H and O–H groups in total. The highest BCUT2D eigenvalue weighted by atomic mass is 32.2. The third-order valence-corrected chi connectivity index (χ3v) is 8.91. The van der Waals surface area contributed by atoms with E-state index >= 15 is 0 Å². The number of thioether (sulfide) groups is 1. The summed E-state index contributed by atoms with van der Waals surface area (Å²) in [4.78, 5) is 19.7. The summed E-state index contributed by atoms with van der Waals surface area (Å²) in [6.07, 6.45) is 0.266. The molecule has 9 heteroatoms. The van der Waals surface area contributed by atoms with E-state index in [1.807, 2.05) is 46.7 Å². The second-order valence-corrected chi connectivity index (χ2v) is 11.2. The number of benzene rings is 1. The van der Waals surface area contributed by atoms with Gasteiger partial charge in [0.15, 0.2) is 15.0 Å². The van der Waals surface area contributed by atoms with E-state index in [1.165, 1.54) is 23.1 Å². The third kappa shape index (κ3) is 4.26. The molecule has 1 amide bonds. The molecule has 6 nitrogen and oxygen atoms in total. The number of hydrogen-bond acceptors (Lipinski definition) is 6. The van der Waals surface area contributed by atoms with Crippen molar-refractivity contribution >= 4 is 44.0 Å². The maximum Gasteiger partial charge on any atom is 0.253 e. The number of nitrogens with zero attached hydrogens (tertiary/aromatic N) is 2. The molecule has 2 atom stereocenters. The van der Waals surface area contributed by atoms with Crippen LogP contribution in [0.5, 0.6) is 5.75 Å². The van der Waals surface area contributed by atoms with Gasteiger partial charge in [0, 0.05) is 16.7 Å². The van der Waals surface area contributed by atoms with E-state index in [0.717, 1.165) is 16.2 Å². The van der Waals surface area contributed by atoms with Crippen molar-refractivity contribution in [3.63, 3.8) is 0 Å². The Morgan fingerprint density at radius 1 is 1.29 bits per heavy atom. The number of amidine groups is 1. The van der Waals surface area contributed by atoms with Gasteiger partial charge in [-0.25, -0.2) is 8.42 Å². The lowest BCUT2D eigenvalue weighted by Gasteiger charge is -2.24. The number of carbonyl (C=O) groups excluding carboxylic acids is 1. The Morgan fingerprint density at radius 2 is 2.14 bits per heavy atom. The Balaban J connectivity index is 1.59. The highest BCUT2D eigenvalue weighted by Crippen LogP contribution is 2.39. The van der Waals surface area contributed by atoms with Crippen LogP contribution in [0.3, 0.4) is 0 Å². The molecule has 2 aliphatic rings. The zero-order valence-electron chi connectivity index (χ0n) is 15.3. The highest BCUT2D eigenvalue weighted by molar-refractivity contribution is 8.15. The molecule has 0 unspecified atom stereocenters. The van der Waals surface area contributed by atoms with E-state index in [-0.39, 0.29) is 35.1 Å². The second-order valence-electron chi connectivity index (χ2n) is 6.82. The number of ether oxygens (including phenoxy) is 1. The van der Waals surface area contributed by atoms with E-state index in [2.05, 4.69) is 4.99 Å². The number of thiophene rings is 1. The van der Waals surface area contributed by atoms with Gasteiger partial charge in [-0.2, -0.15) is 4.99 Å². The number of hydrogen-bond donors (Lipinski definition) is 0. The Bertz CT molecular complexity index is 1000. The van der Waals surface area contributed by atoms with Gasteiger partial charge in [-0.15, -0.1) is 11.3 Å². The van der Waals surface area contributed by atoms with E-state index in [4.69, 9.17) is 4.74 Å². The topological polar surface area (TPSA) is 76.0 Å². The molecule has 4 rings (SSSR count). The fourth-order valence-electron chi connectivity index (χ4n) is 3.50. The summed E-state index contributed by atoms with van der Waals surface area (Å²) in [6.45, 7) is 0.492. The maximum absolute atomic E-state index is 12.5. The van der Waals surface area contributed by atoms with E-state index in [9.17, 15) is 13.2 Å². The van der Waals surface area contributed by atoms with Crippen molar-refractivity contribution in [2.24, 2.45) is 4.99 Å².